The molecule has 1 aromatic rings. The van der Waals surface area contributed by atoms with Gasteiger partial charge in [0.25, 0.3) is 0 Å². The molecule has 5 nitrogen and oxygen atoms in total. The average molecular weight is 310 g/mol. The first-order valence-electron chi connectivity index (χ1n) is 7.26. The van der Waals surface area contributed by atoms with Gasteiger partial charge < -0.3 is 10.0 Å². The first kappa shape index (κ1) is 16.0. The molecule has 0 bridgehead atoms. The summed E-state index contributed by atoms with van der Waals surface area (Å²) in [6, 6.07) is 2.25. The third-order valence-corrected chi connectivity index (χ3v) is 4.86. The Balaban J connectivity index is 1.91. The standard InChI is InChI=1S/C15H22N2O3S/c1-11(2)16(7-4-15(19)20)10-14(18)17-6-3-13-12(9-17)5-8-21-13/h5,8,11H,3-4,6-7,9-10H2,1-2H3,(H,19,20). The Bertz CT molecular complexity index is 513. The van der Waals surface area contributed by atoms with Crippen molar-refractivity contribution in [2.24, 2.45) is 0 Å². The van der Waals surface area contributed by atoms with Crippen molar-refractivity contribution in [3.63, 3.8) is 0 Å². The highest BCUT2D eigenvalue weighted by Gasteiger charge is 2.24. The van der Waals surface area contributed by atoms with Crippen molar-refractivity contribution in [2.45, 2.75) is 39.3 Å². The largest absolute Gasteiger partial charge is 0.481 e. The van der Waals surface area contributed by atoms with Crippen LogP contribution < -0.4 is 0 Å². The number of carbonyl (C=O) groups is 2. The van der Waals surface area contributed by atoms with E-state index in [1.165, 1.54) is 10.4 Å². The summed E-state index contributed by atoms with van der Waals surface area (Å²) < 4.78 is 0. The second-order valence-electron chi connectivity index (χ2n) is 5.64. The summed E-state index contributed by atoms with van der Waals surface area (Å²) in [6.45, 7) is 6.13. The van der Waals surface area contributed by atoms with Gasteiger partial charge in [-0.2, -0.15) is 0 Å². The summed E-state index contributed by atoms with van der Waals surface area (Å²) in [5.41, 5.74) is 1.25. The average Bonchev–Trinajstić information content (AvgIpc) is 2.89. The van der Waals surface area contributed by atoms with Crippen LogP contribution in [0.3, 0.4) is 0 Å². The number of hydrogen-bond donors (Lipinski definition) is 1. The van der Waals surface area contributed by atoms with Gasteiger partial charge >= 0.3 is 5.97 Å². The van der Waals surface area contributed by atoms with Gasteiger partial charge in [-0.1, -0.05) is 0 Å². The van der Waals surface area contributed by atoms with Crippen LogP contribution in [0.2, 0.25) is 0 Å². The van der Waals surface area contributed by atoms with E-state index in [1.54, 1.807) is 11.3 Å². The second kappa shape index (κ2) is 7.04. The smallest absolute Gasteiger partial charge is 0.304 e. The quantitative estimate of drug-likeness (QED) is 0.870. The van der Waals surface area contributed by atoms with Gasteiger partial charge in [0.05, 0.1) is 13.0 Å². The number of nitrogens with zero attached hydrogens (tertiary/aromatic N) is 2. The highest BCUT2D eigenvalue weighted by molar-refractivity contribution is 7.10. The van der Waals surface area contributed by atoms with Gasteiger partial charge in [0.1, 0.15) is 0 Å². The molecule has 21 heavy (non-hydrogen) atoms. The summed E-state index contributed by atoms with van der Waals surface area (Å²) in [5.74, 6) is -0.736. The molecule has 1 amide bonds. The van der Waals surface area contributed by atoms with Gasteiger partial charge in [0.2, 0.25) is 5.91 Å². The molecule has 6 heteroatoms. The molecule has 2 heterocycles. The minimum absolute atomic E-state index is 0.0696. The SMILES string of the molecule is CC(C)N(CCC(=O)O)CC(=O)N1CCc2sccc2C1. The molecule has 1 aliphatic heterocycles. The van der Waals surface area contributed by atoms with Crippen LogP contribution >= 0.6 is 11.3 Å². The Morgan fingerprint density at radius 2 is 2.24 bits per heavy atom. The normalized spacial score (nSPS) is 14.6. The number of fused-ring (bicyclic) bond motifs is 1. The van der Waals surface area contributed by atoms with E-state index in [9.17, 15) is 9.59 Å². The number of carbonyl (C=O) groups excluding carboxylic acids is 1. The molecule has 0 aromatic carbocycles. The summed E-state index contributed by atoms with van der Waals surface area (Å²) in [7, 11) is 0. The molecule has 0 fully saturated rings. The molecule has 1 aliphatic rings. The Hall–Kier alpha value is -1.40. The Labute approximate surface area is 129 Å². The van der Waals surface area contributed by atoms with Crippen molar-refractivity contribution in [3.05, 3.63) is 21.9 Å². The second-order valence-corrected chi connectivity index (χ2v) is 6.64. The first-order chi connectivity index (χ1) is 9.97. The van der Waals surface area contributed by atoms with Crippen molar-refractivity contribution in [2.75, 3.05) is 19.6 Å². The number of thiophene rings is 1. The van der Waals surface area contributed by atoms with Gasteiger partial charge in [0, 0.05) is 30.6 Å². The maximum atomic E-state index is 12.4. The molecule has 0 spiro atoms. The summed E-state index contributed by atoms with van der Waals surface area (Å²) >= 11 is 1.76. The van der Waals surface area contributed by atoms with Crippen molar-refractivity contribution in [1.82, 2.24) is 9.80 Å². The van der Waals surface area contributed by atoms with Crippen LogP contribution in [-0.2, 0) is 22.6 Å². The third kappa shape index (κ3) is 4.28. The zero-order valence-corrected chi connectivity index (χ0v) is 13.4. The predicted molar refractivity (Wildman–Crippen MR) is 82.4 cm³/mol. The first-order valence-corrected chi connectivity index (χ1v) is 8.14. The van der Waals surface area contributed by atoms with Crippen LogP contribution in [0.4, 0.5) is 0 Å². The van der Waals surface area contributed by atoms with Gasteiger partial charge in [-0.15, -0.1) is 11.3 Å². The lowest BCUT2D eigenvalue weighted by Gasteiger charge is -2.31. The monoisotopic (exact) mass is 310 g/mol. The number of amides is 1. The van der Waals surface area contributed by atoms with E-state index in [4.69, 9.17) is 5.11 Å². The Morgan fingerprint density at radius 1 is 1.48 bits per heavy atom. The molecule has 0 aliphatic carbocycles. The third-order valence-electron chi connectivity index (χ3n) is 3.84. The van der Waals surface area contributed by atoms with Crippen LogP contribution in [0, 0.1) is 0 Å². The summed E-state index contributed by atoms with van der Waals surface area (Å²) in [6.07, 6.45) is 0.996. The topological polar surface area (TPSA) is 60.9 Å². The van der Waals surface area contributed by atoms with Crippen molar-refractivity contribution in [3.8, 4) is 0 Å². The Morgan fingerprint density at radius 3 is 2.90 bits per heavy atom. The zero-order chi connectivity index (χ0) is 15.4. The lowest BCUT2D eigenvalue weighted by Crippen LogP contribution is -2.45. The van der Waals surface area contributed by atoms with E-state index in [-0.39, 0.29) is 18.4 Å². The molecule has 0 saturated heterocycles. The number of carboxylic acid groups (broad SMARTS) is 1. The number of carboxylic acids is 1. The molecule has 0 atom stereocenters. The molecule has 2 rings (SSSR count). The number of rotatable bonds is 6. The molecule has 0 saturated carbocycles. The van der Waals surface area contributed by atoms with Gasteiger partial charge in [-0.05, 0) is 37.3 Å². The number of aliphatic carboxylic acids is 1. The molecule has 0 unspecified atom stereocenters. The van der Waals surface area contributed by atoms with E-state index in [2.05, 4.69) is 11.4 Å². The molecular formula is C15H22N2O3S. The van der Waals surface area contributed by atoms with E-state index in [0.717, 1.165) is 13.0 Å². The minimum Gasteiger partial charge on any atom is -0.481 e. The zero-order valence-electron chi connectivity index (χ0n) is 12.5. The van der Waals surface area contributed by atoms with Gasteiger partial charge in [-0.3, -0.25) is 14.5 Å². The maximum Gasteiger partial charge on any atom is 0.304 e. The molecule has 1 aromatic heterocycles. The molecule has 116 valence electrons. The van der Waals surface area contributed by atoms with Gasteiger partial charge in [0.15, 0.2) is 0 Å². The van der Waals surface area contributed by atoms with Crippen LogP contribution in [0.15, 0.2) is 11.4 Å². The van der Waals surface area contributed by atoms with E-state index in [0.29, 0.717) is 19.6 Å². The lowest BCUT2D eigenvalue weighted by atomic mass is 10.1. The fraction of sp³-hybridized carbons (Fsp3) is 0.600. The highest BCUT2D eigenvalue weighted by atomic mass is 32.1. The van der Waals surface area contributed by atoms with Gasteiger partial charge in [-0.25, -0.2) is 0 Å². The van der Waals surface area contributed by atoms with Crippen LogP contribution in [0.5, 0.6) is 0 Å². The predicted octanol–water partition coefficient (Wildman–Crippen LogP) is 1.82. The van der Waals surface area contributed by atoms with Crippen LogP contribution in [-0.4, -0.2) is 52.5 Å². The summed E-state index contributed by atoms with van der Waals surface area (Å²) in [5, 5.41) is 10.9. The van der Waals surface area contributed by atoms with Crippen molar-refractivity contribution in [1.29, 1.82) is 0 Å². The highest BCUT2D eigenvalue weighted by Crippen LogP contribution is 2.24. The fourth-order valence-corrected chi connectivity index (χ4v) is 3.38. The molecule has 0 radical (unpaired) electrons. The Kier molecular flexibility index (Phi) is 5.36. The maximum absolute atomic E-state index is 12.4. The van der Waals surface area contributed by atoms with E-state index in [1.807, 2.05) is 23.6 Å². The van der Waals surface area contributed by atoms with Crippen molar-refractivity contribution < 1.29 is 14.7 Å². The van der Waals surface area contributed by atoms with Crippen LogP contribution in [0.1, 0.15) is 30.7 Å². The molecule has 1 N–H and O–H groups in total. The number of hydrogen-bond acceptors (Lipinski definition) is 4. The van der Waals surface area contributed by atoms with E-state index < -0.39 is 5.97 Å². The molecular weight excluding hydrogens is 288 g/mol. The van der Waals surface area contributed by atoms with Crippen LogP contribution in [0.25, 0.3) is 0 Å². The van der Waals surface area contributed by atoms with E-state index >= 15 is 0 Å². The fourth-order valence-electron chi connectivity index (χ4n) is 2.49. The summed E-state index contributed by atoms with van der Waals surface area (Å²) in [4.78, 5) is 28.3. The lowest BCUT2D eigenvalue weighted by molar-refractivity contribution is -0.139. The van der Waals surface area contributed by atoms with Crippen molar-refractivity contribution >= 4 is 23.2 Å². The minimum atomic E-state index is -0.825.